The van der Waals surface area contributed by atoms with Crippen LogP contribution < -0.4 is 10.6 Å². The molecule has 1 amide bonds. The maximum absolute atomic E-state index is 11.7. The second-order valence-electron chi connectivity index (χ2n) is 4.79. The molecule has 0 heterocycles. The Morgan fingerprint density at radius 1 is 1.41 bits per heavy atom. The van der Waals surface area contributed by atoms with Crippen molar-refractivity contribution in [2.24, 2.45) is 0 Å². The zero-order valence-corrected chi connectivity index (χ0v) is 10.8. The molecule has 1 saturated carbocycles. The average Bonchev–Trinajstić information content (AvgIpc) is 2.35. The van der Waals surface area contributed by atoms with Gasteiger partial charge in [0.2, 0.25) is 5.91 Å². The van der Waals surface area contributed by atoms with Gasteiger partial charge in [0.15, 0.2) is 0 Å². The first kappa shape index (κ1) is 14.1. The number of nitrogens with one attached hydrogen (secondary N) is 2. The summed E-state index contributed by atoms with van der Waals surface area (Å²) in [6.45, 7) is 2.43. The summed E-state index contributed by atoms with van der Waals surface area (Å²) >= 11 is 0. The van der Waals surface area contributed by atoms with E-state index in [1.54, 1.807) is 0 Å². The molecule has 1 aliphatic carbocycles. The van der Waals surface area contributed by atoms with Gasteiger partial charge >= 0.3 is 0 Å². The van der Waals surface area contributed by atoms with Crippen LogP contribution in [0.25, 0.3) is 0 Å². The Bertz CT molecular complexity index is 264. The van der Waals surface area contributed by atoms with Crippen molar-refractivity contribution in [1.82, 2.24) is 10.6 Å². The molecule has 0 aromatic rings. The van der Waals surface area contributed by atoms with Crippen molar-refractivity contribution in [3.63, 3.8) is 0 Å². The molecule has 1 rings (SSSR count). The summed E-state index contributed by atoms with van der Waals surface area (Å²) in [6.07, 6.45) is 13.4. The SMILES string of the molecule is C#CC(CCC)NCC(=O)NC1CCCCC1. The van der Waals surface area contributed by atoms with Crippen LogP contribution in [0.15, 0.2) is 0 Å². The predicted molar refractivity (Wildman–Crippen MR) is 70.5 cm³/mol. The minimum absolute atomic E-state index is 0.0251. The predicted octanol–water partition coefficient (Wildman–Crippen LogP) is 1.83. The number of hydrogen-bond acceptors (Lipinski definition) is 2. The van der Waals surface area contributed by atoms with Crippen LogP contribution in [-0.4, -0.2) is 24.5 Å². The minimum Gasteiger partial charge on any atom is -0.352 e. The zero-order chi connectivity index (χ0) is 12.5. The van der Waals surface area contributed by atoms with Gasteiger partial charge in [0.1, 0.15) is 0 Å². The molecule has 17 heavy (non-hydrogen) atoms. The Labute approximate surface area is 105 Å². The van der Waals surface area contributed by atoms with Crippen LogP contribution in [0.4, 0.5) is 0 Å². The minimum atomic E-state index is 0.0251. The molecular weight excluding hydrogens is 212 g/mol. The largest absolute Gasteiger partial charge is 0.352 e. The van der Waals surface area contributed by atoms with E-state index in [0.717, 1.165) is 25.7 Å². The van der Waals surface area contributed by atoms with Crippen LogP contribution >= 0.6 is 0 Å². The summed E-state index contributed by atoms with van der Waals surface area (Å²) in [7, 11) is 0. The fourth-order valence-corrected chi connectivity index (χ4v) is 2.27. The molecule has 1 aliphatic rings. The van der Waals surface area contributed by atoms with Gasteiger partial charge in [-0.25, -0.2) is 0 Å². The van der Waals surface area contributed by atoms with Crippen molar-refractivity contribution in [2.45, 2.75) is 64.0 Å². The lowest BCUT2D eigenvalue weighted by Gasteiger charge is -2.23. The lowest BCUT2D eigenvalue weighted by atomic mass is 9.95. The first-order valence-electron chi connectivity index (χ1n) is 6.75. The normalized spacial score (nSPS) is 18.4. The van der Waals surface area contributed by atoms with Crippen LogP contribution in [0.2, 0.25) is 0 Å². The number of carbonyl (C=O) groups excluding carboxylic acids is 1. The molecule has 2 N–H and O–H groups in total. The molecule has 3 nitrogen and oxygen atoms in total. The van der Waals surface area contributed by atoms with E-state index in [0.29, 0.717) is 12.6 Å². The molecule has 0 radical (unpaired) electrons. The molecule has 1 atom stereocenters. The van der Waals surface area contributed by atoms with Gasteiger partial charge in [-0.05, 0) is 19.3 Å². The Morgan fingerprint density at radius 3 is 2.71 bits per heavy atom. The van der Waals surface area contributed by atoms with Gasteiger partial charge in [-0.15, -0.1) is 6.42 Å². The highest BCUT2D eigenvalue weighted by atomic mass is 16.1. The highest BCUT2D eigenvalue weighted by Crippen LogP contribution is 2.17. The zero-order valence-electron chi connectivity index (χ0n) is 10.8. The maximum Gasteiger partial charge on any atom is 0.234 e. The van der Waals surface area contributed by atoms with Gasteiger partial charge in [-0.3, -0.25) is 10.1 Å². The Morgan fingerprint density at radius 2 is 2.12 bits per heavy atom. The number of terminal acetylenes is 1. The molecular formula is C14H24N2O. The van der Waals surface area contributed by atoms with Crippen molar-refractivity contribution in [2.75, 3.05) is 6.54 Å². The van der Waals surface area contributed by atoms with Crippen LogP contribution in [0.5, 0.6) is 0 Å². The van der Waals surface area contributed by atoms with E-state index in [2.05, 4.69) is 23.5 Å². The summed E-state index contributed by atoms with van der Waals surface area (Å²) in [5.74, 6) is 2.75. The molecule has 1 unspecified atom stereocenters. The van der Waals surface area contributed by atoms with E-state index in [-0.39, 0.29) is 11.9 Å². The number of carbonyl (C=O) groups is 1. The fraction of sp³-hybridized carbons (Fsp3) is 0.786. The summed E-state index contributed by atoms with van der Waals surface area (Å²) < 4.78 is 0. The molecule has 0 spiro atoms. The molecule has 0 bridgehead atoms. The Balaban J connectivity index is 2.17. The molecule has 0 aromatic carbocycles. The third kappa shape index (κ3) is 5.74. The second-order valence-corrected chi connectivity index (χ2v) is 4.79. The Hall–Kier alpha value is -1.01. The standard InChI is InChI=1S/C14H24N2O/c1-3-8-12(4-2)15-11-14(17)16-13-9-6-5-7-10-13/h2,12-13,15H,3,5-11H2,1H3,(H,16,17). The van der Waals surface area contributed by atoms with Gasteiger partial charge in [-0.1, -0.05) is 38.5 Å². The van der Waals surface area contributed by atoms with Crippen molar-refractivity contribution >= 4 is 5.91 Å². The van der Waals surface area contributed by atoms with Crippen LogP contribution in [-0.2, 0) is 4.79 Å². The van der Waals surface area contributed by atoms with Crippen molar-refractivity contribution in [3.05, 3.63) is 0 Å². The summed E-state index contributed by atoms with van der Waals surface area (Å²) in [5.41, 5.74) is 0. The monoisotopic (exact) mass is 236 g/mol. The van der Waals surface area contributed by atoms with Gasteiger partial charge in [-0.2, -0.15) is 0 Å². The maximum atomic E-state index is 11.7. The molecule has 1 fully saturated rings. The summed E-state index contributed by atoms with van der Waals surface area (Å²) in [5, 5.41) is 6.18. The van der Waals surface area contributed by atoms with Crippen molar-refractivity contribution in [1.29, 1.82) is 0 Å². The highest BCUT2D eigenvalue weighted by Gasteiger charge is 2.15. The Kier molecular flexibility index (Phi) is 6.73. The lowest BCUT2D eigenvalue weighted by Crippen LogP contribution is -2.43. The highest BCUT2D eigenvalue weighted by molar-refractivity contribution is 5.78. The van der Waals surface area contributed by atoms with E-state index in [1.807, 2.05) is 0 Å². The quantitative estimate of drug-likeness (QED) is 0.691. The average molecular weight is 236 g/mol. The van der Waals surface area contributed by atoms with E-state index in [4.69, 9.17) is 6.42 Å². The van der Waals surface area contributed by atoms with E-state index in [9.17, 15) is 4.79 Å². The van der Waals surface area contributed by atoms with Gasteiger partial charge in [0.25, 0.3) is 0 Å². The third-order valence-electron chi connectivity index (χ3n) is 3.26. The fourth-order valence-electron chi connectivity index (χ4n) is 2.27. The third-order valence-corrected chi connectivity index (χ3v) is 3.26. The van der Waals surface area contributed by atoms with E-state index in [1.165, 1.54) is 19.3 Å². The van der Waals surface area contributed by atoms with Crippen molar-refractivity contribution in [3.8, 4) is 12.3 Å². The topological polar surface area (TPSA) is 41.1 Å². The first-order chi connectivity index (χ1) is 8.26. The van der Waals surface area contributed by atoms with Crippen LogP contribution in [0, 0.1) is 12.3 Å². The van der Waals surface area contributed by atoms with Crippen molar-refractivity contribution < 1.29 is 4.79 Å². The van der Waals surface area contributed by atoms with E-state index >= 15 is 0 Å². The smallest absolute Gasteiger partial charge is 0.234 e. The summed E-state index contributed by atoms with van der Waals surface area (Å²) in [4.78, 5) is 11.7. The number of amides is 1. The molecule has 0 aromatic heterocycles. The lowest BCUT2D eigenvalue weighted by molar-refractivity contribution is -0.121. The second kappa shape index (κ2) is 8.14. The number of rotatable bonds is 6. The molecule has 96 valence electrons. The van der Waals surface area contributed by atoms with Crippen LogP contribution in [0.3, 0.4) is 0 Å². The van der Waals surface area contributed by atoms with Gasteiger partial charge in [0.05, 0.1) is 12.6 Å². The molecule has 3 heteroatoms. The molecule has 0 aliphatic heterocycles. The number of hydrogen-bond donors (Lipinski definition) is 2. The van der Waals surface area contributed by atoms with E-state index < -0.39 is 0 Å². The van der Waals surface area contributed by atoms with Gasteiger partial charge < -0.3 is 5.32 Å². The molecule has 0 saturated heterocycles. The first-order valence-corrected chi connectivity index (χ1v) is 6.75. The summed E-state index contributed by atoms with van der Waals surface area (Å²) in [6, 6.07) is 0.408. The van der Waals surface area contributed by atoms with Gasteiger partial charge in [0, 0.05) is 6.04 Å². The van der Waals surface area contributed by atoms with Crippen LogP contribution in [0.1, 0.15) is 51.9 Å².